The zero-order valence-corrected chi connectivity index (χ0v) is 20.7. The van der Waals surface area contributed by atoms with Crippen molar-refractivity contribution >= 4 is 41.0 Å². The third kappa shape index (κ3) is 5.21. The Morgan fingerprint density at radius 1 is 1.05 bits per heavy atom. The lowest BCUT2D eigenvalue weighted by molar-refractivity contribution is -0.129. The molecule has 0 bridgehead atoms. The number of ether oxygens (including phenoxy) is 1. The highest BCUT2D eigenvalue weighted by Gasteiger charge is 2.43. The molecule has 2 N–H and O–H groups in total. The third-order valence-corrected chi connectivity index (χ3v) is 6.50. The predicted molar refractivity (Wildman–Crippen MR) is 135 cm³/mol. The van der Waals surface area contributed by atoms with Crippen molar-refractivity contribution in [3.8, 4) is 5.75 Å². The van der Waals surface area contributed by atoms with Gasteiger partial charge in [-0.3, -0.25) is 24.7 Å². The average Bonchev–Trinajstić information content (AvgIpc) is 2.89. The van der Waals surface area contributed by atoms with E-state index in [1.54, 1.807) is 6.07 Å². The molecule has 2 atom stereocenters. The fourth-order valence-electron chi connectivity index (χ4n) is 4.38. The van der Waals surface area contributed by atoms with Gasteiger partial charge in [0.25, 0.3) is 5.91 Å². The van der Waals surface area contributed by atoms with Crippen LogP contribution in [0, 0.1) is 17.6 Å². The lowest BCUT2D eigenvalue weighted by Crippen LogP contribution is -2.55. The van der Waals surface area contributed by atoms with Crippen molar-refractivity contribution in [1.29, 1.82) is 0 Å². The SMILES string of the molecule is O=C1NCC(C2=CC(c3cc(Cl)cc(OCc4c(F)cccc4F)c3)C(=O)N(c3cccnc3)C2=O)C(=O)N1. The quantitative estimate of drug-likeness (QED) is 0.451. The molecule has 3 aromatic rings. The van der Waals surface area contributed by atoms with Crippen LogP contribution in [0.3, 0.4) is 0 Å². The van der Waals surface area contributed by atoms with Crippen molar-refractivity contribution in [1.82, 2.24) is 15.6 Å². The normalized spacial score (nSPS) is 19.4. The number of carbonyl (C=O) groups excluding carboxylic acids is 4. The minimum absolute atomic E-state index is 0.0168. The molecule has 5 rings (SSSR count). The largest absolute Gasteiger partial charge is 0.489 e. The Labute approximate surface area is 225 Å². The van der Waals surface area contributed by atoms with Gasteiger partial charge >= 0.3 is 6.03 Å². The first-order chi connectivity index (χ1) is 18.7. The predicted octanol–water partition coefficient (Wildman–Crippen LogP) is 3.63. The van der Waals surface area contributed by atoms with Crippen LogP contribution in [0.15, 0.2) is 72.6 Å². The van der Waals surface area contributed by atoms with E-state index in [0.29, 0.717) is 5.56 Å². The molecule has 1 saturated heterocycles. The van der Waals surface area contributed by atoms with Crippen LogP contribution in [0.1, 0.15) is 17.0 Å². The molecule has 198 valence electrons. The first kappa shape index (κ1) is 26.0. The van der Waals surface area contributed by atoms with E-state index < -0.39 is 53.8 Å². The van der Waals surface area contributed by atoms with Crippen LogP contribution in [0.5, 0.6) is 5.75 Å². The average molecular weight is 553 g/mol. The van der Waals surface area contributed by atoms with E-state index in [0.717, 1.165) is 17.0 Å². The number of aromatic nitrogens is 1. The minimum Gasteiger partial charge on any atom is -0.489 e. The van der Waals surface area contributed by atoms with Crippen molar-refractivity contribution in [2.24, 2.45) is 5.92 Å². The second-order valence-corrected chi connectivity index (χ2v) is 9.19. The number of benzene rings is 2. The summed E-state index contributed by atoms with van der Waals surface area (Å²) in [7, 11) is 0. The van der Waals surface area contributed by atoms with E-state index in [2.05, 4.69) is 15.6 Å². The zero-order valence-electron chi connectivity index (χ0n) is 20.0. The fraction of sp³-hybridized carbons (Fsp3) is 0.148. The van der Waals surface area contributed by atoms with E-state index in [9.17, 15) is 28.0 Å². The van der Waals surface area contributed by atoms with Gasteiger partial charge < -0.3 is 10.1 Å². The zero-order chi connectivity index (χ0) is 27.7. The number of urea groups is 1. The van der Waals surface area contributed by atoms with E-state index in [1.807, 2.05) is 0 Å². The summed E-state index contributed by atoms with van der Waals surface area (Å²) in [4.78, 5) is 56.3. The van der Waals surface area contributed by atoms with Gasteiger partial charge in [-0.05, 0) is 48.0 Å². The molecule has 1 aromatic heterocycles. The van der Waals surface area contributed by atoms with Gasteiger partial charge in [0.05, 0.1) is 29.3 Å². The van der Waals surface area contributed by atoms with Gasteiger partial charge in [0, 0.05) is 23.3 Å². The van der Waals surface area contributed by atoms with Crippen LogP contribution in [0.2, 0.25) is 5.02 Å². The Bertz CT molecular complexity index is 1510. The van der Waals surface area contributed by atoms with Crippen LogP contribution in [0.4, 0.5) is 19.3 Å². The van der Waals surface area contributed by atoms with Crippen molar-refractivity contribution in [3.05, 3.63) is 100 Å². The summed E-state index contributed by atoms with van der Waals surface area (Å²) in [6.07, 6.45) is 4.15. The second kappa shape index (κ2) is 10.6. The van der Waals surface area contributed by atoms with E-state index >= 15 is 0 Å². The number of pyridine rings is 1. The first-order valence-corrected chi connectivity index (χ1v) is 12.1. The van der Waals surface area contributed by atoms with Gasteiger partial charge in [-0.25, -0.2) is 18.5 Å². The molecule has 39 heavy (non-hydrogen) atoms. The Balaban J connectivity index is 1.54. The van der Waals surface area contributed by atoms with Crippen molar-refractivity contribution in [2.45, 2.75) is 12.5 Å². The molecular weight excluding hydrogens is 534 g/mol. The maximum Gasteiger partial charge on any atom is 0.321 e. The molecule has 12 heteroatoms. The molecule has 0 saturated carbocycles. The Morgan fingerprint density at radius 2 is 1.82 bits per heavy atom. The number of carbonyl (C=O) groups is 4. The monoisotopic (exact) mass is 552 g/mol. The topological polar surface area (TPSA) is 118 Å². The Morgan fingerprint density at radius 3 is 2.51 bits per heavy atom. The molecule has 9 nitrogen and oxygen atoms in total. The van der Waals surface area contributed by atoms with E-state index in [-0.39, 0.29) is 34.1 Å². The standard InChI is InChI=1S/C27H19ClF2N4O5/c28-15-7-14(8-17(9-15)39-13-21-22(29)4-1-5-23(21)30)18-10-19(20-12-32-27(38)33-24(20)35)26(37)34(25(18)36)16-3-2-6-31-11-16/h1-11,18,20H,12-13H2,(H2,32,33,35,38). The van der Waals surface area contributed by atoms with E-state index in [1.165, 1.54) is 48.8 Å². The fourth-order valence-corrected chi connectivity index (χ4v) is 4.61. The Hall–Kier alpha value is -4.64. The molecule has 1 fully saturated rings. The Kier molecular flexibility index (Phi) is 7.07. The molecule has 2 aromatic carbocycles. The number of hydrogen-bond acceptors (Lipinski definition) is 6. The van der Waals surface area contributed by atoms with Crippen molar-refractivity contribution in [3.63, 3.8) is 0 Å². The number of halogens is 3. The van der Waals surface area contributed by atoms with Gasteiger partial charge in [0.15, 0.2) is 0 Å². The number of amides is 5. The third-order valence-electron chi connectivity index (χ3n) is 6.28. The highest BCUT2D eigenvalue weighted by molar-refractivity contribution is 6.31. The van der Waals surface area contributed by atoms with Crippen LogP contribution in [0.25, 0.3) is 0 Å². The molecule has 2 unspecified atom stereocenters. The summed E-state index contributed by atoms with van der Waals surface area (Å²) in [5, 5.41) is 4.76. The maximum absolute atomic E-state index is 14.1. The van der Waals surface area contributed by atoms with Gasteiger partial charge in [-0.15, -0.1) is 0 Å². The molecule has 5 amide bonds. The number of imide groups is 2. The summed E-state index contributed by atoms with van der Waals surface area (Å²) in [5.41, 5.74) is 0.179. The summed E-state index contributed by atoms with van der Waals surface area (Å²) < 4.78 is 33.7. The number of hydrogen-bond donors (Lipinski definition) is 2. The number of nitrogens with one attached hydrogen (secondary N) is 2. The molecule has 2 aliphatic heterocycles. The van der Waals surface area contributed by atoms with Gasteiger partial charge in [-0.2, -0.15) is 0 Å². The van der Waals surface area contributed by atoms with Crippen molar-refractivity contribution in [2.75, 3.05) is 11.4 Å². The number of rotatable bonds is 6. The summed E-state index contributed by atoms with van der Waals surface area (Å²) >= 11 is 6.31. The van der Waals surface area contributed by atoms with E-state index in [4.69, 9.17) is 16.3 Å². The second-order valence-electron chi connectivity index (χ2n) is 8.75. The van der Waals surface area contributed by atoms with Crippen LogP contribution < -0.4 is 20.3 Å². The summed E-state index contributed by atoms with van der Waals surface area (Å²) in [6.45, 7) is -0.595. The molecule has 0 aliphatic carbocycles. The number of anilines is 1. The lowest BCUT2D eigenvalue weighted by atomic mass is 9.85. The maximum atomic E-state index is 14.1. The first-order valence-electron chi connectivity index (χ1n) is 11.7. The number of nitrogens with zero attached hydrogens (tertiary/aromatic N) is 2. The van der Waals surface area contributed by atoms with Crippen molar-refractivity contribution < 1.29 is 32.7 Å². The molecule has 2 aliphatic rings. The summed E-state index contributed by atoms with van der Waals surface area (Å²) in [6, 6.07) is 10.2. The molecule has 3 heterocycles. The molecule has 0 radical (unpaired) electrons. The lowest BCUT2D eigenvalue weighted by Gasteiger charge is -2.33. The summed E-state index contributed by atoms with van der Waals surface area (Å²) in [5.74, 6) is -5.69. The minimum atomic E-state index is -1.10. The van der Waals surface area contributed by atoms with Gasteiger partial charge in [0.2, 0.25) is 11.8 Å². The van der Waals surface area contributed by atoms with Crippen LogP contribution in [-0.4, -0.2) is 35.3 Å². The van der Waals surface area contributed by atoms with Gasteiger partial charge in [0.1, 0.15) is 24.0 Å². The smallest absolute Gasteiger partial charge is 0.321 e. The molecular formula is C27H19ClF2N4O5. The van der Waals surface area contributed by atoms with Crippen LogP contribution in [-0.2, 0) is 21.0 Å². The highest BCUT2D eigenvalue weighted by Crippen LogP contribution is 2.36. The molecule has 0 spiro atoms. The van der Waals surface area contributed by atoms with Gasteiger partial charge in [-0.1, -0.05) is 23.7 Å². The van der Waals surface area contributed by atoms with Crippen LogP contribution >= 0.6 is 11.6 Å². The highest BCUT2D eigenvalue weighted by atomic mass is 35.5.